The Morgan fingerprint density at radius 2 is 1.30 bits per heavy atom. The number of rotatable bonds is 4. The third-order valence-electron chi connectivity index (χ3n) is 8.86. The first-order valence-corrected chi connectivity index (χ1v) is 15.3. The lowest BCUT2D eigenvalue weighted by Crippen LogP contribution is -2.01. The van der Waals surface area contributed by atoms with Crippen molar-refractivity contribution in [1.29, 1.82) is 0 Å². The van der Waals surface area contributed by atoms with E-state index in [-0.39, 0.29) is 0 Å². The maximum atomic E-state index is 6.43. The van der Waals surface area contributed by atoms with Crippen LogP contribution in [0.25, 0.3) is 66.3 Å². The van der Waals surface area contributed by atoms with Gasteiger partial charge in [0.2, 0.25) is 11.8 Å². The van der Waals surface area contributed by atoms with Crippen molar-refractivity contribution in [3.63, 3.8) is 0 Å². The number of hydrogen-bond acceptors (Lipinski definition) is 5. The fourth-order valence-corrected chi connectivity index (χ4v) is 6.80. The monoisotopic (exact) mass is 596 g/mol. The normalized spacial score (nSPS) is 11.8. The summed E-state index contributed by atoms with van der Waals surface area (Å²) in [6.45, 7) is 6.23. The van der Waals surface area contributed by atoms with Gasteiger partial charge in [0.15, 0.2) is 11.5 Å². The van der Waals surface area contributed by atoms with Gasteiger partial charge in [-0.1, -0.05) is 78.4 Å². The van der Waals surface area contributed by atoms with Crippen LogP contribution in [0.2, 0.25) is 0 Å². The lowest BCUT2D eigenvalue weighted by Gasteiger charge is -2.14. The summed E-state index contributed by atoms with van der Waals surface area (Å²) in [5.41, 5.74) is 8.19. The second-order valence-corrected chi connectivity index (χ2v) is 11.8. The number of hydrogen-bond donors (Lipinski definition) is 0. The third kappa shape index (κ3) is 3.91. The molecule has 7 heteroatoms. The highest BCUT2D eigenvalue weighted by Crippen LogP contribution is 2.37. The SMILES string of the molecule is Cc1ccc2c(c1)c1c(C)nc(Oc3cccc(-n4c5ccccc5c5ccccc54)n3)cc1c1nnc(-c3ccccc3C)n21. The van der Waals surface area contributed by atoms with Crippen LogP contribution in [-0.2, 0) is 0 Å². The van der Waals surface area contributed by atoms with E-state index in [4.69, 9.17) is 24.9 Å². The summed E-state index contributed by atoms with van der Waals surface area (Å²) < 4.78 is 10.8. The Labute approximate surface area is 264 Å². The predicted molar refractivity (Wildman–Crippen MR) is 184 cm³/mol. The lowest BCUT2D eigenvalue weighted by molar-refractivity contribution is 0.444. The van der Waals surface area contributed by atoms with E-state index in [1.807, 2.05) is 43.3 Å². The molecule has 9 rings (SSSR count). The van der Waals surface area contributed by atoms with Gasteiger partial charge in [0, 0.05) is 50.3 Å². The summed E-state index contributed by atoms with van der Waals surface area (Å²) in [6, 6.07) is 39.4. The molecule has 0 amide bonds. The van der Waals surface area contributed by atoms with Crippen molar-refractivity contribution >= 4 is 49.1 Å². The molecule has 0 unspecified atom stereocenters. The van der Waals surface area contributed by atoms with E-state index >= 15 is 0 Å². The van der Waals surface area contributed by atoms with Crippen LogP contribution in [0.3, 0.4) is 0 Å². The molecule has 5 heterocycles. The van der Waals surface area contributed by atoms with E-state index in [0.29, 0.717) is 11.8 Å². The molecule has 0 N–H and O–H groups in total. The molecular formula is C39H28N6O. The molecule has 0 atom stereocenters. The van der Waals surface area contributed by atoms with Crippen molar-refractivity contribution in [1.82, 2.24) is 29.1 Å². The van der Waals surface area contributed by atoms with Gasteiger partial charge in [0.05, 0.1) is 16.6 Å². The molecule has 0 fully saturated rings. The summed E-state index contributed by atoms with van der Waals surface area (Å²) in [5, 5.41) is 14.9. The first-order valence-electron chi connectivity index (χ1n) is 15.3. The van der Waals surface area contributed by atoms with Crippen molar-refractivity contribution in [2.24, 2.45) is 0 Å². The van der Waals surface area contributed by atoms with Crippen LogP contribution >= 0.6 is 0 Å². The van der Waals surface area contributed by atoms with Crippen LogP contribution in [0.5, 0.6) is 11.8 Å². The fraction of sp³-hybridized carbons (Fsp3) is 0.0769. The number of fused-ring (bicyclic) bond motifs is 9. The summed E-state index contributed by atoms with van der Waals surface area (Å²) in [7, 11) is 0. The third-order valence-corrected chi connectivity index (χ3v) is 8.86. The number of ether oxygens (including phenoxy) is 1. The van der Waals surface area contributed by atoms with Gasteiger partial charge in [0.1, 0.15) is 5.82 Å². The van der Waals surface area contributed by atoms with Gasteiger partial charge in [-0.05, 0) is 56.7 Å². The molecule has 0 aliphatic rings. The Morgan fingerprint density at radius 3 is 2.09 bits per heavy atom. The predicted octanol–water partition coefficient (Wildman–Crippen LogP) is 9.31. The van der Waals surface area contributed by atoms with E-state index in [1.165, 1.54) is 16.3 Å². The molecule has 220 valence electrons. The van der Waals surface area contributed by atoms with Crippen LogP contribution < -0.4 is 4.74 Å². The molecule has 5 aromatic heterocycles. The highest BCUT2D eigenvalue weighted by atomic mass is 16.5. The largest absolute Gasteiger partial charge is 0.421 e. The van der Waals surface area contributed by atoms with Gasteiger partial charge >= 0.3 is 0 Å². The van der Waals surface area contributed by atoms with Gasteiger partial charge < -0.3 is 4.74 Å². The van der Waals surface area contributed by atoms with Crippen molar-refractivity contribution < 1.29 is 4.74 Å². The Hall–Kier alpha value is -6.08. The molecule has 9 aromatic rings. The van der Waals surface area contributed by atoms with E-state index in [0.717, 1.165) is 66.8 Å². The van der Waals surface area contributed by atoms with Gasteiger partial charge in [-0.25, -0.2) is 4.98 Å². The second-order valence-electron chi connectivity index (χ2n) is 11.8. The van der Waals surface area contributed by atoms with Gasteiger partial charge in [0.25, 0.3) is 0 Å². The maximum Gasteiger partial charge on any atom is 0.223 e. The van der Waals surface area contributed by atoms with Crippen LogP contribution in [-0.4, -0.2) is 29.1 Å². The molecule has 0 bridgehead atoms. The zero-order chi connectivity index (χ0) is 30.9. The standard InChI is InChI=1S/C39H28N6O/c1-23-19-20-33-29(21-23)37-25(3)40-36(22-30(37)39-43-42-38(45(33)39)26-12-5-4-11-24(26)2)46-35-18-10-17-34(41-35)44-31-15-8-6-13-27(31)28-14-7-9-16-32(28)44/h4-22H,1-3H3. The number of pyridine rings is 3. The first kappa shape index (κ1) is 26.3. The van der Waals surface area contributed by atoms with E-state index in [9.17, 15) is 0 Å². The van der Waals surface area contributed by atoms with Crippen molar-refractivity contribution in [3.05, 3.63) is 132 Å². The molecule has 4 aromatic carbocycles. The summed E-state index contributed by atoms with van der Waals surface area (Å²) in [4.78, 5) is 9.89. The Morgan fingerprint density at radius 1 is 0.565 bits per heavy atom. The molecule has 0 aliphatic carbocycles. The molecule has 0 aliphatic heterocycles. The molecule has 0 radical (unpaired) electrons. The molecule has 46 heavy (non-hydrogen) atoms. The highest BCUT2D eigenvalue weighted by molar-refractivity contribution is 6.13. The van der Waals surface area contributed by atoms with Crippen molar-refractivity contribution in [2.75, 3.05) is 0 Å². The number of nitrogens with zero attached hydrogens (tertiary/aromatic N) is 6. The molecular weight excluding hydrogens is 568 g/mol. The summed E-state index contributed by atoms with van der Waals surface area (Å²) in [6.07, 6.45) is 0. The zero-order valence-electron chi connectivity index (χ0n) is 25.6. The Kier molecular flexibility index (Phi) is 5.71. The number of aromatic nitrogens is 6. The average molecular weight is 597 g/mol. The minimum Gasteiger partial charge on any atom is -0.421 e. The summed E-state index contributed by atoms with van der Waals surface area (Å²) >= 11 is 0. The van der Waals surface area contributed by atoms with Gasteiger partial charge in [-0.3, -0.25) is 8.97 Å². The van der Waals surface area contributed by atoms with E-state index < -0.39 is 0 Å². The number of benzene rings is 4. The molecule has 0 saturated carbocycles. The number of aryl methyl sites for hydroxylation is 3. The molecule has 0 spiro atoms. The van der Waals surface area contributed by atoms with Gasteiger partial charge in [-0.2, -0.15) is 4.98 Å². The topological polar surface area (TPSA) is 70.1 Å². The minimum atomic E-state index is 0.450. The molecule has 0 saturated heterocycles. The van der Waals surface area contributed by atoms with Crippen LogP contribution in [0, 0.1) is 20.8 Å². The smallest absolute Gasteiger partial charge is 0.223 e. The minimum absolute atomic E-state index is 0.450. The van der Waals surface area contributed by atoms with E-state index in [2.05, 4.69) is 102 Å². The average Bonchev–Trinajstić information content (AvgIpc) is 3.65. The van der Waals surface area contributed by atoms with Gasteiger partial charge in [-0.15, -0.1) is 10.2 Å². The van der Waals surface area contributed by atoms with Crippen molar-refractivity contribution in [2.45, 2.75) is 20.8 Å². The van der Waals surface area contributed by atoms with E-state index in [1.54, 1.807) is 0 Å². The second kappa shape index (κ2) is 9.97. The van der Waals surface area contributed by atoms with Crippen molar-refractivity contribution in [3.8, 4) is 29.0 Å². The fourth-order valence-electron chi connectivity index (χ4n) is 6.80. The van der Waals surface area contributed by atoms with Crippen LogP contribution in [0.1, 0.15) is 16.8 Å². The Bertz CT molecular complexity index is 2610. The summed E-state index contributed by atoms with van der Waals surface area (Å²) in [5.74, 6) is 2.49. The number of para-hydroxylation sites is 2. The highest BCUT2D eigenvalue weighted by Gasteiger charge is 2.20. The Balaban J connectivity index is 1.22. The lowest BCUT2D eigenvalue weighted by atomic mass is 10.0. The van der Waals surface area contributed by atoms with Crippen LogP contribution in [0.4, 0.5) is 0 Å². The first-order chi connectivity index (χ1) is 22.5. The quantitative estimate of drug-likeness (QED) is 0.189. The maximum absolute atomic E-state index is 6.43. The molecule has 7 nitrogen and oxygen atoms in total. The zero-order valence-corrected chi connectivity index (χ0v) is 25.6. The van der Waals surface area contributed by atoms with Crippen LogP contribution in [0.15, 0.2) is 115 Å².